The number of benzene rings is 6. The summed E-state index contributed by atoms with van der Waals surface area (Å²) in [4.78, 5) is 0. The molecule has 6 aromatic carbocycles. The highest BCUT2D eigenvalue weighted by molar-refractivity contribution is 6.18. The topological polar surface area (TPSA) is 143 Å². The van der Waals surface area contributed by atoms with Crippen molar-refractivity contribution < 1.29 is 48.8 Å². The quantitative estimate of drug-likeness (QED) is 0.0431. The van der Waals surface area contributed by atoms with E-state index in [1.165, 1.54) is 11.1 Å². The number of aliphatic hydroxyl groups is 2. The summed E-state index contributed by atoms with van der Waals surface area (Å²) >= 11 is 11.1. The van der Waals surface area contributed by atoms with E-state index in [1.807, 2.05) is 97.1 Å². The minimum absolute atomic E-state index is 0.0870. The van der Waals surface area contributed by atoms with Crippen molar-refractivity contribution in [3.8, 4) is 34.5 Å². The lowest BCUT2D eigenvalue weighted by Crippen LogP contribution is -2.20. The van der Waals surface area contributed by atoms with E-state index in [4.69, 9.17) is 51.6 Å². The van der Waals surface area contributed by atoms with Gasteiger partial charge in [0.15, 0.2) is 0 Å². The molecule has 368 valence electrons. The lowest BCUT2D eigenvalue weighted by atomic mass is 9.78. The van der Waals surface area contributed by atoms with Gasteiger partial charge in [0.05, 0.1) is 25.0 Å². The summed E-state index contributed by atoms with van der Waals surface area (Å²) in [6.07, 6.45) is -0.783. The van der Waals surface area contributed by atoms with Crippen LogP contribution in [-0.2, 0) is 25.7 Å². The van der Waals surface area contributed by atoms with Gasteiger partial charge in [0.1, 0.15) is 85.3 Å². The maximum Gasteiger partial charge on any atom is 0.119 e. The van der Waals surface area contributed by atoms with Crippen LogP contribution in [0.3, 0.4) is 0 Å². The Labute approximate surface area is 417 Å². The number of epoxide rings is 2. The molecule has 0 aliphatic carbocycles. The Kier molecular flexibility index (Phi) is 18.7. The summed E-state index contributed by atoms with van der Waals surface area (Å²) in [6.45, 7) is 16.2. The van der Waals surface area contributed by atoms with Crippen molar-refractivity contribution >= 4 is 23.2 Å². The molecular formula is C57H66Cl2O10. The van der Waals surface area contributed by atoms with Gasteiger partial charge in [0.25, 0.3) is 0 Å². The molecule has 2 aliphatic rings. The van der Waals surface area contributed by atoms with Gasteiger partial charge in [-0.3, -0.25) is 0 Å². The molecule has 0 radical (unpaired) electrons. The molecule has 0 bridgehead atoms. The molecule has 0 amide bonds. The zero-order chi connectivity index (χ0) is 49.6. The first kappa shape index (κ1) is 52.9. The van der Waals surface area contributed by atoms with Crippen LogP contribution in [0.15, 0.2) is 146 Å². The van der Waals surface area contributed by atoms with Gasteiger partial charge < -0.3 is 48.8 Å². The summed E-state index contributed by atoms with van der Waals surface area (Å²) in [5, 5.41) is 37.5. The number of aromatic hydroxyl groups is 2. The third-order valence-corrected chi connectivity index (χ3v) is 13.1. The SMILES string of the molecule is CC(C)(c1ccc(O)cc1)c1ccc(O)cc1.CC(C)(c1ccc(OCC(O)CCl)cc1)c1ccc(OCC(O)CCl)cc1.CC(C)(c1ccc(OCC2CO2)cc1)c1ccc(OCC2CO2)cc1. The van der Waals surface area contributed by atoms with Crippen LogP contribution in [0.25, 0.3) is 0 Å². The van der Waals surface area contributed by atoms with Crippen LogP contribution >= 0.6 is 23.2 Å². The highest BCUT2D eigenvalue weighted by Crippen LogP contribution is 2.36. The van der Waals surface area contributed by atoms with E-state index < -0.39 is 12.2 Å². The predicted octanol–water partition coefficient (Wildman–Crippen LogP) is 11.0. The zero-order valence-corrected chi connectivity index (χ0v) is 41.8. The molecule has 69 heavy (non-hydrogen) atoms. The molecular weight excluding hydrogens is 916 g/mol. The van der Waals surface area contributed by atoms with Crippen LogP contribution in [0.1, 0.15) is 74.9 Å². The fourth-order valence-corrected chi connectivity index (χ4v) is 7.49. The average molecular weight is 982 g/mol. The van der Waals surface area contributed by atoms with E-state index in [0.717, 1.165) is 47.0 Å². The monoisotopic (exact) mass is 980 g/mol. The molecule has 2 saturated heterocycles. The van der Waals surface area contributed by atoms with Crippen LogP contribution < -0.4 is 18.9 Å². The molecule has 0 saturated carbocycles. The normalized spacial score (nSPS) is 16.1. The highest BCUT2D eigenvalue weighted by Gasteiger charge is 2.27. The molecule has 2 fully saturated rings. The molecule has 10 nitrogen and oxygen atoms in total. The number of rotatable bonds is 20. The van der Waals surface area contributed by atoms with Gasteiger partial charge >= 0.3 is 0 Å². The van der Waals surface area contributed by atoms with Crippen LogP contribution in [-0.4, -0.2) is 96.2 Å². The number of aliphatic hydroxyl groups excluding tert-OH is 2. The van der Waals surface area contributed by atoms with Gasteiger partial charge in [-0.05, 0) is 106 Å². The zero-order valence-electron chi connectivity index (χ0n) is 40.3. The van der Waals surface area contributed by atoms with Crippen molar-refractivity contribution in [1.29, 1.82) is 0 Å². The number of phenolic OH excluding ortho intramolecular Hbond substituents is 2. The summed E-state index contributed by atoms with van der Waals surface area (Å²) < 4.78 is 32.8. The van der Waals surface area contributed by atoms with E-state index in [9.17, 15) is 20.4 Å². The number of hydrogen-bond acceptors (Lipinski definition) is 10. The fourth-order valence-electron chi connectivity index (χ4n) is 7.31. The minimum Gasteiger partial charge on any atom is -0.508 e. The summed E-state index contributed by atoms with van der Waals surface area (Å²) in [5.74, 6) is 4.01. The van der Waals surface area contributed by atoms with E-state index in [1.54, 1.807) is 24.3 Å². The van der Waals surface area contributed by atoms with Crippen LogP contribution in [0.2, 0.25) is 0 Å². The molecule has 12 heteroatoms. The number of hydrogen-bond donors (Lipinski definition) is 4. The third-order valence-electron chi connectivity index (χ3n) is 12.4. The second kappa shape index (κ2) is 24.4. The van der Waals surface area contributed by atoms with Gasteiger partial charge in [0, 0.05) is 16.2 Å². The van der Waals surface area contributed by atoms with Crippen LogP contribution in [0.4, 0.5) is 0 Å². The smallest absolute Gasteiger partial charge is 0.119 e. The van der Waals surface area contributed by atoms with Crippen LogP contribution in [0, 0.1) is 0 Å². The molecule has 4 atom stereocenters. The molecule has 4 N–H and O–H groups in total. The molecule has 0 aromatic heterocycles. The van der Waals surface area contributed by atoms with Crippen LogP contribution in [0.5, 0.6) is 34.5 Å². The molecule has 2 heterocycles. The predicted molar refractivity (Wildman–Crippen MR) is 273 cm³/mol. The average Bonchev–Trinajstić information content (AvgIpc) is 4.32. The minimum atomic E-state index is -0.672. The standard InChI is InChI=1S/C21H26Cl2O4.C21H24O4.C15H16O2/c1-21(2,15-3-7-19(8-4-15)26-13-17(24)11-22)16-5-9-20(10-6-16)27-14-18(25)12-23;1-21(2,15-3-7-17(8-4-15)22-11-19-13-24-19)16-5-9-18(10-6-16)23-12-20-14-25-20;1-15(2,11-3-7-13(16)8-4-11)12-5-9-14(17)10-6-12/h3-10,17-18,24-25H,11-14H2,1-2H3;3-10,19-20H,11-14H2,1-2H3;3-10,16-17H,1-2H3. The second-order valence-electron chi connectivity index (χ2n) is 18.8. The lowest BCUT2D eigenvalue weighted by Gasteiger charge is -2.26. The van der Waals surface area contributed by atoms with E-state index in [0.29, 0.717) is 24.7 Å². The van der Waals surface area contributed by atoms with Gasteiger partial charge in [-0.15, -0.1) is 23.2 Å². The van der Waals surface area contributed by atoms with Crippen molar-refractivity contribution in [3.05, 3.63) is 179 Å². The van der Waals surface area contributed by atoms with E-state index >= 15 is 0 Å². The number of ether oxygens (including phenoxy) is 6. The lowest BCUT2D eigenvalue weighted by molar-refractivity contribution is 0.125. The van der Waals surface area contributed by atoms with Crippen molar-refractivity contribution in [2.45, 2.75) is 82.2 Å². The summed E-state index contributed by atoms with van der Waals surface area (Å²) in [6, 6.07) is 46.8. The molecule has 2 aliphatic heterocycles. The Morgan fingerprint density at radius 3 is 0.855 bits per heavy atom. The van der Waals surface area contributed by atoms with Gasteiger partial charge in [0.2, 0.25) is 0 Å². The summed E-state index contributed by atoms with van der Waals surface area (Å²) in [5.41, 5.74) is 6.59. The maximum absolute atomic E-state index is 9.47. The Hall–Kier alpha value is -5.46. The number of phenols is 2. The van der Waals surface area contributed by atoms with Crippen molar-refractivity contribution in [2.24, 2.45) is 0 Å². The first-order valence-corrected chi connectivity index (χ1v) is 24.3. The van der Waals surface area contributed by atoms with E-state index in [2.05, 4.69) is 65.8 Å². The fraction of sp³-hybridized carbons (Fsp3) is 0.368. The number of halogens is 2. The first-order valence-electron chi connectivity index (χ1n) is 23.2. The van der Waals surface area contributed by atoms with Crippen molar-refractivity contribution in [1.82, 2.24) is 0 Å². The largest absolute Gasteiger partial charge is 0.508 e. The number of alkyl halides is 2. The van der Waals surface area contributed by atoms with Crippen molar-refractivity contribution in [2.75, 3.05) is 51.4 Å². The van der Waals surface area contributed by atoms with E-state index in [-0.39, 0.29) is 64.9 Å². The third kappa shape index (κ3) is 15.8. The second-order valence-corrected chi connectivity index (χ2v) is 19.5. The summed E-state index contributed by atoms with van der Waals surface area (Å²) in [7, 11) is 0. The van der Waals surface area contributed by atoms with Crippen molar-refractivity contribution in [3.63, 3.8) is 0 Å². The first-order chi connectivity index (χ1) is 33.0. The Morgan fingerprint density at radius 2 is 0.638 bits per heavy atom. The van der Waals surface area contributed by atoms with Gasteiger partial charge in [-0.1, -0.05) is 114 Å². The Bertz CT molecular complexity index is 2260. The molecule has 4 unspecified atom stereocenters. The highest BCUT2D eigenvalue weighted by atomic mass is 35.5. The molecule has 6 aromatic rings. The Balaban J connectivity index is 0.000000174. The van der Waals surface area contributed by atoms with Gasteiger partial charge in [-0.2, -0.15) is 0 Å². The maximum atomic E-state index is 9.47. The molecule has 0 spiro atoms. The molecule has 8 rings (SSSR count). The Morgan fingerprint density at radius 1 is 0.420 bits per heavy atom. The van der Waals surface area contributed by atoms with Gasteiger partial charge in [-0.25, -0.2) is 0 Å².